The fraction of sp³-hybridized carbons (Fsp3) is 0.417. The Balaban J connectivity index is 2.36. The average molecular weight is 286 g/mol. The van der Waals surface area contributed by atoms with Crippen LogP contribution >= 0.6 is 0 Å². The van der Waals surface area contributed by atoms with Gasteiger partial charge < -0.3 is 10.1 Å². The second-order valence-corrected chi connectivity index (χ2v) is 5.84. The molecule has 1 aromatic carbocycles. The number of amides is 1. The summed E-state index contributed by atoms with van der Waals surface area (Å²) in [4.78, 5) is 11.4. The van der Waals surface area contributed by atoms with Crippen molar-refractivity contribution in [1.29, 1.82) is 0 Å². The Morgan fingerprint density at radius 1 is 1.32 bits per heavy atom. The zero-order valence-electron chi connectivity index (χ0n) is 11.0. The minimum absolute atomic E-state index is 0.245. The van der Waals surface area contributed by atoms with Gasteiger partial charge in [-0.15, -0.1) is 0 Å². The van der Waals surface area contributed by atoms with Crippen LogP contribution in [0, 0.1) is 0 Å². The van der Waals surface area contributed by atoms with Gasteiger partial charge in [0.1, 0.15) is 5.75 Å². The van der Waals surface area contributed by atoms with Crippen LogP contribution in [0.4, 0.5) is 0 Å². The molecular formula is C12H18N2O4S. The predicted octanol–water partition coefficient (Wildman–Crippen LogP) is -0.0969. The van der Waals surface area contributed by atoms with Crippen LogP contribution in [0.15, 0.2) is 24.3 Å². The molecule has 0 heterocycles. The SMILES string of the molecule is COc1ccccc1CCNC(=O)CNS(C)(=O)=O. The largest absolute Gasteiger partial charge is 0.496 e. The van der Waals surface area contributed by atoms with Gasteiger partial charge in [0.15, 0.2) is 0 Å². The number of sulfonamides is 1. The number of hydrogen-bond donors (Lipinski definition) is 2. The fourth-order valence-corrected chi connectivity index (χ4v) is 1.90. The first kappa shape index (κ1) is 15.5. The summed E-state index contributed by atoms with van der Waals surface area (Å²) in [5.74, 6) is 0.409. The molecule has 0 radical (unpaired) electrons. The third-order valence-electron chi connectivity index (χ3n) is 2.40. The second kappa shape index (κ2) is 7.10. The van der Waals surface area contributed by atoms with Crippen LogP contribution in [0.1, 0.15) is 5.56 Å². The van der Waals surface area contributed by atoms with Crippen molar-refractivity contribution in [1.82, 2.24) is 10.0 Å². The molecule has 1 aromatic rings. The van der Waals surface area contributed by atoms with E-state index in [1.807, 2.05) is 24.3 Å². The molecule has 0 spiro atoms. The van der Waals surface area contributed by atoms with Gasteiger partial charge in [0.25, 0.3) is 0 Å². The van der Waals surface area contributed by atoms with Gasteiger partial charge in [-0.25, -0.2) is 13.1 Å². The summed E-state index contributed by atoms with van der Waals surface area (Å²) >= 11 is 0. The topological polar surface area (TPSA) is 84.5 Å². The van der Waals surface area contributed by atoms with Gasteiger partial charge in [-0.3, -0.25) is 4.79 Å². The molecule has 1 rings (SSSR count). The molecular weight excluding hydrogens is 268 g/mol. The Morgan fingerprint density at radius 2 is 2.00 bits per heavy atom. The minimum atomic E-state index is -3.34. The lowest BCUT2D eigenvalue weighted by Gasteiger charge is -2.09. The first-order valence-electron chi connectivity index (χ1n) is 5.75. The van der Waals surface area contributed by atoms with Gasteiger partial charge in [-0.1, -0.05) is 18.2 Å². The van der Waals surface area contributed by atoms with Crippen molar-refractivity contribution < 1.29 is 17.9 Å². The lowest BCUT2D eigenvalue weighted by atomic mass is 10.1. The Labute approximate surface area is 113 Å². The molecule has 1 amide bonds. The van der Waals surface area contributed by atoms with Crippen LogP contribution in [-0.4, -0.2) is 40.8 Å². The molecule has 0 aliphatic carbocycles. The van der Waals surface area contributed by atoms with Gasteiger partial charge in [0.2, 0.25) is 15.9 Å². The Morgan fingerprint density at radius 3 is 2.63 bits per heavy atom. The molecule has 0 bridgehead atoms. The minimum Gasteiger partial charge on any atom is -0.496 e. The first-order chi connectivity index (χ1) is 8.92. The van der Waals surface area contributed by atoms with E-state index in [9.17, 15) is 13.2 Å². The summed E-state index contributed by atoms with van der Waals surface area (Å²) in [5.41, 5.74) is 0.987. The standard InChI is InChI=1S/C12H18N2O4S/c1-18-11-6-4-3-5-10(11)7-8-13-12(15)9-14-19(2,16)17/h3-6,14H,7-9H2,1-2H3,(H,13,15). The monoisotopic (exact) mass is 286 g/mol. The van der Waals surface area contributed by atoms with Crippen molar-refractivity contribution >= 4 is 15.9 Å². The molecule has 106 valence electrons. The van der Waals surface area contributed by atoms with Crippen LogP contribution in [0.25, 0.3) is 0 Å². The molecule has 0 fully saturated rings. The van der Waals surface area contributed by atoms with Crippen molar-refractivity contribution in [3.05, 3.63) is 29.8 Å². The van der Waals surface area contributed by atoms with E-state index in [1.165, 1.54) is 0 Å². The molecule has 0 aliphatic rings. The third-order valence-corrected chi connectivity index (χ3v) is 3.07. The number of rotatable bonds is 7. The lowest BCUT2D eigenvalue weighted by Crippen LogP contribution is -2.37. The molecule has 6 nitrogen and oxygen atoms in total. The van der Waals surface area contributed by atoms with Crippen LogP contribution < -0.4 is 14.8 Å². The highest BCUT2D eigenvalue weighted by molar-refractivity contribution is 7.88. The number of hydrogen-bond acceptors (Lipinski definition) is 4. The van der Waals surface area contributed by atoms with E-state index < -0.39 is 10.0 Å². The van der Waals surface area contributed by atoms with E-state index >= 15 is 0 Å². The van der Waals surface area contributed by atoms with Crippen LogP contribution in [-0.2, 0) is 21.2 Å². The quantitative estimate of drug-likeness (QED) is 0.733. The molecule has 7 heteroatoms. The van der Waals surface area contributed by atoms with Crippen LogP contribution in [0.2, 0.25) is 0 Å². The number of nitrogens with one attached hydrogen (secondary N) is 2. The highest BCUT2D eigenvalue weighted by Gasteiger charge is 2.06. The summed E-state index contributed by atoms with van der Waals surface area (Å²) in [5, 5.41) is 2.63. The smallest absolute Gasteiger partial charge is 0.235 e. The van der Waals surface area contributed by atoms with Gasteiger partial charge >= 0.3 is 0 Å². The molecule has 19 heavy (non-hydrogen) atoms. The van der Waals surface area contributed by atoms with E-state index in [-0.39, 0.29) is 12.5 Å². The zero-order chi connectivity index (χ0) is 14.3. The molecule has 0 saturated carbocycles. The van der Waals surface area contributed by atoms with Crippen LogP contribution in [0.5, 0.6) is 5.75 Å². The number of methoxy groups -OCH3 is 1. The fourth-order valence-electron chi connectivity index (χ4n) is 1.51. The maximum atomic E-state index is 11.4. The first-order valence-corrected chi connectivity index (χ1v) is 7.65. The van der Waals surface area contributed by atoms with E-state index in [0.717, 1.165) is 17.6 Å². The van der Waals surface area contributed by atoms with Gasteiger partial charge in [0.05, 0.1) is 19.9 Å². The molecule has 2 N–H and O–H groups in total. The second-order valence-electron chi connectivity index (χ2n) is 4.01. The number of carbonyl (C=O) groups is 1. The van der Waals surface area contributed by atoms with Crippen LogP contribution in [0.3, 0.4) is 0 Å². The van der Waals surface area contributed by atoms with E-state index in [0.29, 0.717) is 13.0 Å². The summed E-state index contributed by atoms with van der Waals surface area (Å²) in [6.45, 7) is 0.176. The lowest BCUT2D eigenvalue weighted by molar-refractivity contribution is -0.119. The number of ether oxygens (including phenoxy) is 1. The number of benzene rings is 1. The summed E-state index contributed by atoms with van der Waals surface area (Å²) in [6, 6.07) is 7.53. The van der Waals surface area contributed by atoms with Gasteiger partial charge in [0, 0.05) is 6.54 Å². The average Bonchev–Trinajstić information content (AvgIpc) is 2.36. The molecule has 0 atom stereocenters. The Hall–Kier alpha value is -1.60. The van der Waals surface area contributed by atoms with Crippen molar-refractivity contribution in [3.8, 4) is 5.75 Å². The Kier molecular flexibility index (Phi) is 5.78. The maximum Gasteiger partial charge on any atom is 0.235 e. The molecule has 0 saturated heterocycles. The number of carbonyl (C=O) groups excluding carboxylic acids is 1. The highest BCUT2D eigenvalue weighted by Crippen LogP contribution is 2.17. The summed E-state index contributed by atoms with van der Waals surface area (Å²) in [7, 11) is -1.75. The zero-order valence-corrected chi connectivity index (χ0v) is 11.8. The van der Waals surface area contributed by atoms with Gasteiger partial charge in [-0.2, -0.15) is 0 Å². The Bertz CT molecular complexity index is 528. The summed E-state index contributed by atoms with van der Waals surface area (Å²) < 4.78 is 28.9. The van der Waals surface area contributed by atoms with Crippen molar-refractivity contribution in [3.63, 3.8) is 0 Å². The molecule has 0 aromatic heterocycles. The van der Waals surface area contributed by atoms with Crippen molar-refractivity contribution in [2.45, 2.75) is 6.42 Å². The molecule has 0 unspecified atom stereocenters. The highest BCUT2D eigenvalue weighted by atomic mass is 32.2. The molecule has 0 aliphatic heterocycles. The predicted molar refractivity (Wildman–Crippen MR) is 72.6 cm³/mol. The number of para-hydroxylation sites is 1. The maximum absolute atomic E-state index is 11.4. The summed E-state index contributed by atoms with van der Waals surface area (Å²) in [6.07, 6.45) is 1.63. The van der Waals surface area contributed by atoms with Crippen molar-refractivity contribution in [2.75, 3.05) is 26.5 Å². The normalized spacial score (nSPS) is 11.1. The van der Waals surface area contributed by atoms with E-state index in [2.05, 4.69) is 10.0 Å². The van der Waals surface area contributed by atoms with E-state index in [4.69, 9.17) is 4.74 Å². The third kappa shape index (κ3) is 6.21. The van der Waals surface area contributed by atoms with Crippen molar-refractivity contribution in [2.24, 2.45) is 0 Å². The van der Waals surface area contributed by atoms with E-state index in [1.54, 1.807) is 7.11 Å². The van der Waals surface area contributed by atoms with Gasteiger partial charge in [-0.05, 0) is 18.1 Å².